The van der Waals surface area contributed by atoms with Gasteiger partial charge in [-0.1, -0.05) is 0 Å². The quantitative estimate of drug-likeness (QED) is 0.602. The van der Waals surface area contributed by atoms with E-state index in [2.05, 4.69) is 15.4 Å². The number of urea groups is 1. The van der Waals surface area contributed by atoms with Crippen molar-refractivity contribution >= 4 is 17.7 Å². The molecular formula is C21H21F3N2O5. The Hall–Kier alpha value is -3.43. The molecule has 1 aliphatic rings. The third-order valence-corrected chi connectivity index (χ3v) is 4.76. The lowest BCUT2D eigenvalue weighted by Gasteiger charge is -2.29. The number of halogens is 3. The Labute approximate surface area is 176 Å². The lowest BCUT2D eigenvalue weighted by atomic mass is 9.93. The Kier molecular flexibility index (Phi) is 6.88. The second-order valence-corrected chi connectivity index (χ2v) is 7.09. The first-order chi connectivity index (χ1) is 14.7. The highest BCUT2D eigenvalue weighted by Crippen LogP contribution is 2.25. The molecule has 1 saturated carbocycles. The number of carboxylic acids is 1. The van der Waals surface area contributed by atoms with Crippen LogP contribution < -0.4 is 20.1 Å². The fourth-order valence-corrected chi connectivity index (χ4v) is 3.29. The number of nitrogens with one attached hydrogen (secondary N) is 2. The number of hydrogen-bond acceptors (Lipinski definition) is 4. The highest BCUT2D eigenvalue weighted by Gasteiger charge is 2.31. The zero-order valence-electron chi connectivity index (χ0n) is 16.3. The molecule has 2 aromatic rings. The van der Waals surface area contributed by atoms with Crippen molar-refractivity contribution in [3.05, 3.63) is 54.1 Å². The Bertz CT molecular complexity index is 893. The van der Waals surface area contributed by atoms with E-state index >= 15 is 0 Å². The number of carbonyl (C=O) groups excluding carboxylic acids is 1. The zero-order valence-corrected chi connectivity index (χ0v) is 16.3. The maximum absolute atomic E-state index is 12.2. The van der Waals surface area contributed by atoms with Crippen LogP contribution in [-0.2, 0) is 0 Å². The predicted octanol–water partition coefficient (Wildman–Crippen LogP) is 4.80. The molecule has 0 bridgehead atoms. The van der Waals surface area contributed by atoms with Gasteiger partial charge in [-0.25, -0.2) is 9.59 Å². The summed E-state index contributed by atoms with van der Waals surface area (Å²) in [6, 6.07) is 10.6. The van der Waals surface area contributed by atoms with E-state index in [0.29, 0.717) is 24.3 Å². The lowest BCUT2D eigenvalue weighted by Crippen LogP contribution is -2.41. The number of aromatic carboxylic acids is 1. The summed E-state index contributed by atoms with van der Waals surface area (Å²) in [5.41, 5.74) is 0.530. The van der Waals surface area contributed by atoms with Crippen molar-refractivity contribution in [3.8, 4) is 11.5 Å². The van der Waals surface area contributed by atoms with Crippen LogP contribution in [0.15, 0.2) is 48.5 Å². The van der Waals surface area contributed by atoms with Gasteiger partial charge in [0.1, 0.15) is 11.5 Å². The molecule has 3 rings (SSSR count). The molecule has 7 nitrogen and oxygen atoms in total. The lowest BCUT2D eigenvalue weighted by molar-refractivity contribution is -0.274. The molecule has 0 unspecified atom stereocenters. The number of amides is 2. The van der Waals surface area contributed by atoms with Crippen LogP contribution in [-0.4, -0.2) is 35.6 Å². The van der Waals surface area contributed by atoms with Crippen LogP contribution in [0.1, 0.15) is 36.0 Å². The minimum Gasteiger partial charge on any atom is -0.490 e. The fraction of sp³-hybridized carbons (Fsp3) is 0.333. The van der Waals surface area contributed by atoms with Gasteiger partial charge in [-0.2, -0.15) is 0 Å². The van der Waals surface area contributed by atoms with E-state index in [1.807, 2.05) is 0 Å². The van der Waals surface area contributed by atoms with Crippen molar-refractivity contribution in [2.24, 2.45) is 0 Å². The minimum absolute atomic E-state index is 0.0297. The normalized spacial score (nSPS) is 18.7. The largest absolute Gasteiger partial charge is 0.573 e. The Morgan fingerprint density at radius 3 is 2.03 bits per heavy atom. The second-order valence-electron chi connectivity index (χ2n) is 7.09. The number of carbonyl (C=O) groups is 2. The van der Waals surface area contributed by atoms with Crippen LogP contribution in [0.5, 0.6) is 11.5 Å². The van der Waals surface area contributed by atoms with Crippen molar-refractivity contribution in [2.75, 3.05) is 5.32 Å². The molecular weight excluding hydrogens is 417 g/mol. The van der Waals surface area contributed by atoms with Crippen LogP contribution in [0.3, 0.4) is 0 Å². The number of benzene rings is 2. The number of anilines is 1. The molecule has 0 aromatic heterocycles. The van der Waals surface area contributed by atoms with Crippen LogP contribution in [0, 0.1) is 0 Å². The summed E-state index contributed by atoms with van der Waals surface area (Å²) < 4.78 is 46.2. The zero-order chi connectivity index (χ0) is 22.4. The second kappa shape index (κ2) is 9.59. The van der Waals surface area contributed by atoms with Crippen LogP contribution in [0.25, 0.3) is 0 Å². The highest BCUT2D eigenvalue weighted by molar-refractivity contribution is 5.89. The van der Waals surface area contributed by atoms with E-state index in [4.69, 9.17) is 9.84 Å². The van der Waals surface area contributed by atoms with Gasteiger partial charge in [-0.05, 0) is 74.2 Å². The monoisotopic (exact) mass is 438 g/mol. The summed E-state index contributed by atoms with van der Waals surface area (Å²) in [5.74, 6) is -0.770. The third kappa shape index (κ3) is 7.09. The van der Waals surface area contributed by atoms with E-state index in [1.54, 1.807) is 12.1 Å². The Balaban J connectivity index is 1.41. The molecule has 2 amide bonds. The summed E-state index contributed by atoms with van der Waals surface area (Å²) >= 11 is 0. The van der Waals surface area contributed by atoms with Crippen LogP contribution in [0.2, 0.25) is 0 Å². The Morgan fingerprint density at radius 2 is 1.48 bits per heavy atom. The Morgan fingerprint density at radius 1 is 0.903 bits per heavy atom. The molecule has 166 valence electrons. The molecule has 0 aliphatic heterocycles. The van der Waals surface area contributed by atoms with Crippen LogP contribution >= 0.6 is 0 Å². The summed E-state index contributed by atoms with van der Waals surface area (Å²) in [4.78, 5) is 23.0. The fourth-order valence-electron chi connectivity index (χ4n) is 3.29. The molecule has 10 heteroatoms. The van der Waals surface area contributed by atoms with E-state index in [0.717, 1.165) is 25.0 Å². The standard InChI is InChI=1S/C21H21F3N2O5/c22-21(23,24)31-18-11-5-15(6-12-18)26-20(29)25-14-3-9-17(10-4-14)30-16-7-1-13(2-8-16)19(27)28/h1-2,5-8,11-12,14,17H,3-4,9-10H2,(H,27,28)(H2,25,26,29)/t14-,17-. The molecule has 1 aliphatic carbocycles. The van der Waals surface area contributed by atoms with Crippen molar-refractivity contribution in [2.45, 2.75) is 44.2 Å². The third-order valence-electron chi connectivity index (χ3n) is 4.76. The molecule has 0 atom stereocenters. The first-order valence-electron chi connectivity index (χ1n) is 9.61. The summed E-state index contributed by atoms with van der Waals surface area (Å²) in [7, 11) is 0. The van der Waals surface area contributed by atoms with Gasteiger partial charge in [-0.3, -0.25) is 0 Å². The smallest absolute Gasteiger partial charge is 0.490 e. The summed E-state index contributed by atoms with van der Waals surface area (Å²) in [6.07, 6.45) is -1.97. The molecule has 1 fully saturated rings. The van der Waals surface area contributed by atoms with Gasteiger partial charge in [0.05, 0.1) is 11.7 Å². The first-order valence-corrected chi connectivity index (χ1v) is 9.61. The average Bonchev–Trinajstić information content (AvgIpc) is 2.70. The topological polar surface area (TPSA) is 96.9 Å². The molecule has 0 saturated heterocycles. The maximum Gasteiger partial charge on any atom is 0.573 e. The van der Waals surface area contributed by atoms with E-state index < -0.39 is 18.4 Å². The summed E-state index contributed by atoms with van der Waals surface area (Å²) in [5, 5.41) is 14.3. The first kappa shape index (κ1) is 22.3. The number of rotatable bonds is 6. The van der Waals surface area contributed by atoms with Crippen molar-refractivity contribution in [1.82, 2.24) is 5.32 Å². The molecule has 3 N–H and O–H groups in total. The summed E-state index contributed by atoms with van der Waals surface area (Å²) in [6.45, 7) is 0. The van der Waals surface area contributed by atoms with Crippen molar-refractivity contribution in [3.63, 3.8) is 0 Å². The molecule has 0 spiro atoms. The van der Waals surface area contributed by atoms with Crippen LogP contribution in [0.4, 0.5) is 23.7 Å². The van der Waals surface area contributed by atoms with Gasteiger partial charge in [0, 0.05) is 11.7 Å². The van der Waals surface area contributed by atoms with Crippen molar-refractivity contribution in [1.29, 1.82) is 0 Å². The number of ether oxygens (including phenoxy) is 2. The van der Waals surface area contributed by atoms with Gasteiger partial charge in [0.2, 0.25) is 0 Å². The van der Waals surface area contributed by atoms with E-state index in [1.165, 1.54) is 24.3 Å². The number of alkyl halides is 3. The molecule has 31 heavy (non-hydrogen) atoms. The molecule has 0 heterocycles. The SMILES string of the molecule is O=C(Nc1ccc(OC(F)(F)F)cc1)N[C@H]1CC[C@H](Oc2ccc(C(=O)O)cc2)CC1. The number of carboxylic acid groups (broad SMARTS) is 1. The van der Waals surface area contributed by atoms with Gasteiger partial charge >= 0.3 is 18.4 Å². The van der Waals surface area contributed by atoms with Gasteiger partial charge < -0.3 is 25.2 Å². The average molecular weight is 438 g/mol. The predicted molar refractivity (Wildman–Crippen MR) is 105 cm³/mol. The maximum atomic E-state index is 12.2. The minimum atomic E-state index is -4.77. The van der Waals surface area contributed by atoms with Gasteiger partial charge in [0.15, 0.2) is 0 Å². The van der Waals surface area contributed by atoms with Gasteiger partial charge in [0.25, 0.3) is 0 Å². The highest BCUT2D eigenvalue weighted by atomic mass is 19.4. The molecule has 2 aromatic carbocycles. The van der Waals surface area contributed by atoms with E-state index in [9.17, 15) is 22.8 Å². The number of hydrogen-bond donors (Lipinski definition) is 3. The molecule has 0 radical (unpaired) electrons. The van der Waals surface area contributed by atoms with Crippen molar-refractivity contribution < 1.29 is 37.3 Å². The van der Waals surface area contributed by atoms with E-state index in [-0.39, 0.29) is 23.5 Å². The van der Waals surface area contributed by atoms with Gasteiger partial charge in [-0.15, -0.1) is 13.2 Å².